The molecular weight excluding hydrogens is 508 g/mol. The predicted octanol–water partition coefficient (Wildman–Crippen LogP) is 0.258. The van der Waals surface area contributed by atoms with Crippen molar-refractivity contribution in [3.63, 3.8) is 0 Å². The van der Waals surface area contributed by atoms with Gasteiger partial charge in [0.1, 0.15) is 29.4 Å². The van der Waals surface area contributed by atoms with Crippen LogP contribution in [0.2, 0.25) is 0 Å². The molecule has 0 spiro atoms. The zero-order valence-electron chi connectivity index (χ0n) is 21.4. The third-order valence-electron chi connectivity index (χ3n) is 5.91. The molecule has 0 aromatic carbocycles. The van der Waals surface area contributed by atoms with E-state index in [1.54, 1.807) is 0 Å². The van der Waals surface area contributed by atoms with Gasteiger partial charge in [-0.3, -0.25) is 28.8 Å². The molecule has 14 nitrogen and oxygen atoms in total. The summed E-state index contributed by atoms with van der Waals surface area (Å²) in [6.45, 7) is 1.29. The van der Waals surface area contributed by atoms with Gasteiger partial charge in [0, 0.05) is 38.5 Å². The lowest BCUT2D eigenvalue weighted by atomic mass is 9.93. The Balaban J connectivity index is 4.81. The van der Waals surface area contributed by atoms with E-state index in [-0.39, 0.29) is 50.7 Å². The summed E-state index contributed by atoms with van der Waals surface area (Å²) in [6.07, 6.45) is -2.43. The quantitative estimate of drug-likeness (QED) is 0.107. The van der Waals surface area contributed by atoms with Crippen LogP contribution in [0, 0.1) is 11.8 Å². The number of carbonyl (C=O) groups excluding carboxylic acids is 4. The van der Waals surface area contributed by atoms with E-state index in [1.807, 2.05) is 0 Å². The molecule has 1 amide bonds. The zero-order valence-corrected chi connectivity index (χ0v) is 21.4. The number of carbonyl (C=O) groups is 8. The number of rotatable bonds is 22. The SMILES string of the molecule is CNC(CCC(=O)CC(CCC(=O)NC(CCC(=O)CC(CCC(C)=O)C(=O)O)C(=O)O)C(=O)O)C(=O)O. The third kappa shape index (κ3) is 14.8. The number of hydrogen-bond donors (Lipinski definition) is 6. The molecule has 4 unspecified atom stereocenters. The Labute approximate surface area is 219 Å². The lowest BCUT2D eigenvalue weighted by molar-refractivity contribution is -0.145. The monoisotopic (exact) mass is 544 g/mol. The summed E-state index contributed by atoms with van der Waals surface area (Å²) < 4.78 is 0. The van der Waals surface area contributed by atoms with Gasteiger partial charge in [-0.25, -0.2) is 4.79 Å². The fourth-order valence-electron chi connectivity index (χ4n) is 3.59. The van der Waals surface area contributed by atoms with Crippen LogP contribution in [0.1, 0.15) is 71.1 Å². The van der Waals surface area contributed by atoms with Crippen LogP contribution in [0.15, 0.2) is 0 Å². The first-order valence-electron chi connectivity index (χ1n) is 12.1. The van der Waals surface area contributed by atoms with Crippen LogP contribution in [-0.4, -0.2) is 86.7 Å². The van der Waals surface area contributed by atoms with Crippen LogP contribution >= 0.6 is 0 Å². The number of carboxylic acid groups (broad SMARTS) is 4. The van der Waals surface area contributed by atoms with E-state index in [9.17, 15) is 53.7 Å². The Morgan fingerprint density at radius 3 is 1.37 bits per heavy atom. The molecule has 14 heteroatoms. The number of amides is 1. The molecule has 0 fully saturated rings. The Bertz CT molecular complexity index is 901. The number of nitrogens with one attached hydrogen (secondary N) is 2. The van der Waals surface area contributed by atoms with E-state index in [0.29, 0.717) is 0 Å². The van der Waals surface area contributed by atoms with E-state index in [0.717, 1.165) is 0 Å². The van der Waals surface area contributed by atoms with Crippen molar-refractivity contribution in [1.29, 1.82) is 0 Å². The summed E-state index contributed by atoms with van der Waals surface area (Å²) in [4.78, 5) is 92.9. The van der Waals surface area contributed by atoms with Crippen LogP contribution in [0.4, 0.5) is 0 Å². The average Bonchev–Trinajstić information content (AvgIpc) is 2.81. The normalized spacial score (nSPS) is 13.9. The molecule has 0 radical (unpaired) electrons. The van der Waals surface area contributed by atoms with Gasteiger partial charge in [0.05, 0.1) is 11.8 Å². The number of carboxylic acids is 4. The van der Waals surface area contributed by atoms with Crippen molar-refractivity contribution in [3.8, 4) is 0 Å². The highest BCUT2D eigenvalue weighted by molar-refractivity contribution is 5.87. The highest BCUT2D eigenvalue weighted by Crippen LogP contribution is 2.17. The largest absolute Gasteiger partial charge is 0.481 e. The number of hydrogen-bond acceptors (Lipinski definition) is 9. The Kier molecular flexibility index (Phi) is 16.0. The summed E-state index contributed by atoms with van der Waals surface area (Å²) in [5.41, 5.74) is 0. The van der Waals surface area contributed by atoms with Crippen LogP contribution in [0.3, 0.4) is 0 Å². The summed E-state index contributed by atoms with van der Waals surface area (Å²) in [7, 11) is 1.41. The number of ketones is 3. The van der Waals surface area contributed by atoms with Crippen molar-refractivity contribution in [3.05, 3.63) is 0 Å². The van der Waals surface area contributed by atoms with E-state index < -0.39 is 84.5 Å². The van der Waals surface area contributed by atoms with Gasteiger partial charge >= 0.3 is 23.9 Å². The van der Waals surface area contributed by atoms with Gasteiger partial charge in [-0.05, 0) is 39.7 Å². The number of likely N-dealkylation sites (N-methyl/N-ethyl adjacent to an activating group) is 1. The van der Waals surface area contributed by atoms with Gasteiger partial charge in [0.2, 0.25) is 5.91 Å². The van der Waals surface area contributed by atoms with E-state index in [1.165, 1.54) is 14.0 Å². The maximum absolute atomic E-state index is 12.2. The Morgan fingerprint density at radius 2 is 1.00 bits per heavy atom. The molecule has 0 aliphatic carbocycles. The second-order valence-corrected chi connectivity index (χ2v) is 9.05. The lowest BCUT2D eigenvalue weighted by Crippen LogP contribution is -2.41. The average molecular weight is 545 g/mol. The molecule has 0 aliphatic rings. The molecule has 0 bridgehead atoms. The van der Waals surface area contributed by atoms with Gasteiger partial charge in [-0.1, -0.05) is 0 Å². The highest BCUT2D eigenvalue weighted by Gasteiger charge is 2.27. The molecule has 38 heavy (non-hydrogen) atoms. The fraction of sp³-hybridized carbons (Fsp3) is 0.667. The molecule has 0 aromatic heterocycles. The number of Topliss-reactive ketones (excluding diaryl/α,β-unsaturated/α-hetero) is 3. The topological polar surface area (TPSA) is 242 Å². The lowest BCUT2D eigenvalue weighted by Gasteiger charge is -2.16. The van der Waals surface area contributed by atoms with E-state index in [2.05, 4.69) is 10.6 Å². The van der Waals surface area contributed by atoms with E-state index in [4.69, 9.17) is 5.11 Å². The van der Waals surface area contributed by atoms with Crippen molar-refractivity contribution < 1.29 is 58.8 Å². The minimum atomic E-state index is -1.48. The molecule has 0 saturated carbocycles. The highest BCUT2D eigenvalue weighted by atomic mass is 16.4. The van der Waals surface area contributed by atoms with Gasteiger partial charge in [-0.2, -0.15) is 0 Å². The maximum Gasteiger partial charge on any atom is 0.326 e. The molecule has 0 heterocycles. The van der Waals surface area contributed by atoms with Crippen molar-refractivity contribution >= 4 is 47.1 Å². The molecular formula is C24H36N2O12. The summed E-state index contributed by atoms with van der Waals surface area (Å²) in [5.74, 6) is -9.60. The van der Waals surface area contributed by atoms with Gasteiger partial charge < -0.3 is 35.9 Å². The van der Waals surface area contributed by atoms with Gasteiger partial charge in [0.15, 0.2) is 0 Å². The van der Waals surface area contributed by atoms with Crippen LogP contribution in [0.25, 0.3) is 0 Å². The van der Waals surface area contributed by atoms with Crippen molar-refractivity contribution in [1.82, 2.24) is 10.6 Å². The smallest absolute Gasteiger partial charge is 0.326 e. The second-order valence-electron chi connectivity index (χ2n) is 9.05. The molecule has 4 atom stereocenters. The summed E-state index contributed by atoms with van der Waals surface area (Å²) >= 11 is 0. The van der Waals surface area contributed by atoms with Crippen molar-refractivity contribution in [2.24, 2.45) is 11.8 Å². The zero-order chi connectivity index (χ0) is 29.4. The minimum Gasteiger partial charge on any atom is -0.481 e. The molecule has 0 aromatic rings. The van der Waals surface area contributed by atoms with Crippen LogP contribution in [-0.2, 0) is 38.4 Å². The summed E-state index contributed by atoms with van der Waals surface area (Å²) in [6, 6.07) is -2.45. The summed E-state index contributed by atoms with van der Waals surface area (Å²) in [5, 5.41) is 41.6. The first-order chi connectivity index (χ1) is 17.7. The van der Waals surface area contributed by atoms with Gasteiger partial charge in [0.25, 0.3) is 0 Å². The van der Waals surface area contributed by atoms with Crippen molar-refractivity contribution in [2.45, 2.75) is 83.2 Å². The fourth-order valence-corrected chi connectivity index (χ4v) is 3.59. The molecule has 6 N–H and O–H groups in total. The van der Waals surface area contributed by atoms with E-state index >= 15 is 0 Å². The predicted molar refractivity (Wildman–Crippen MR) is 129 cm³/mol. The molecule has 0 aliphatic heterocycles. The first kappa shape index (κ1) is 34.3. The Morgan fingerprint density at radius 1 is 0.579 bits per heavy atom. The second kappa shape index (κ2) is 17.7. The molecule has 0 rings (SSSR count). The molecule has 214 valence electrons. The Hall–Kier alpha value is -3.68. The van der Waals surface area contributed by atoms with Gasteiger partial charge in [-0.15, -0.1) is 0 Å². The maximum atomic E-state index is 12.2. The number of aliphatic carboxylic acids is 4. The van der Waals surface area contributed by atoms with Crippen LogP contribution < -0.4 is 10.6 Å². The third-order valence-corrected chi connectivity index (χ3v) is 5.91. The minimum absolute atomic E-state index is 0.0141. The standard InChI is InChI=1S/C24H36N2O12/c1-13(27)3-4-14(21(31)32)11-17(29)7-9-19(24(37)38)26-20(30)10-5-15(22(33)34)12-16(28)6-8-18(25-2)23(35)36/h14-15,18-19,25H,3-12H2,1-2H3,(H,26,30)(H,31,32)(H,33,34)(H,35,36)(H,37,38). The first-order valence-corrected chi connectivity index (χ1v) is 12.1. The molecule has 0 saturated heterocycles. The van der Waals surface area contributed by atoms with Crippen LogP contribution in [0.5, 0.6) is 0 Å². The van der Waals surface area contributed by atoms with Crippen molar-refractivity contribution in [2.75, 3.05) is 7.05 Å².